The van der Waals surface area contributed by atoms with E-state index >= 15 is 0 Å². The van der Waals surface area contributed by atoms with E-state index in [-0.39, 0.29) is 5.92 Å². The topological polar surface area (TPSA) is 17.1 Å². The normalized spacial score (nSPS) is 15.1. The van der Waals surface area contributed by atoms with Crippen molar-refractivity contribution in [2.75, 3.05) is 0 Å². The molecule has 0 heterocycles. The number of carbonyl (C=O) groups is 1. The number of carbonyl (C=O) groups excluding carboxylic acids is 1. The van der Waals surface area contributed by atoms with Gasteiger partial charge in [-0.05, 0) is 6.42 Å². The highest BCUT2D eigenvalue weighted by molar-refractivity contribution is 6.58. The Morgan fingerprint density at radius 3 is 1.71 bits per heavy atom. The van der Waals surface area contributed by atoms with Crippen molar-refractivity contribution in [2.45, 2.75) is 63.8 Å². The van der Waals surface area contributed by atoms with Crippen LogP contribution < -0.4 is 0 Å². The smallest absolute Gasteiger partial charge is 0.262 e. The monoisotopic (exact) mass is 254 g/mol. The van der Waals surface area contributed by atoms with Gasteiger partial charge in [0.15, 0.2) is 0 Å². The van der Waals surface area contributed by atoms with Crippen LogP contribution in [0.3, 0.4) is 0 Å². The van der Waals surface area contributed by atoms with E-state index in [1.165, 1.54) is 15.8 Å². The zero-order chi connectivity index (χ0) is 13.4. The largest absolute Gasteiger partial charge is 0.303 e. The van der Waals surface area contributed by atoms with Gasteiger partial charge in [-0.2, -0.15) is 0 Å². The minimum Gasteiger partial charge on any atom is -0.303 e. The molecule has 2 unspecified atom stereocenters. The molecule has 0 saturated heterocycles. The second-order valence-corrected chi connectivity index (χ2v) is 9.96. The molecule has 0 aliphatic carbocycles. The molecule has 0 bridgehead atoms. The van der Waals surface area contributed by atoms with E-state index in [9.17, 15) is 4.79 Å². The Labute approximate surface area is 113 Å². The molecule has 0 spiro atoms. The Kier molecular flexibility index (Phi) is 9.28. The van der Waals surface area contributed by atoms with Crippen LogP contribution in [0.4, 0.5) is 0 Å². The lowest BCUT2D eigenvalue weighted by Crippen LogP contribution is -2.21. The van der Waals surface area contributed by atoms with Gasteiger partial charge in [-0.15, -0.1) is 0 Å². The molecule has 0 aromatic heterocycles. The lowest BCUT2D eigenvalue weighted by atomic mass is 10.0. The van der Waals surface area contributed by atoms with Crippen molar-refractivity contribution >= 4 is 20.4 Å². The third kappa shape index (κ3) is 9.86. The summed E-state index contributed by atoms with van der Waals surface area (Å²) < 4.78 is 0. The molecule has 17 heavy (non-hydrogen) atoms. The lowest BCUT2D eigenvalue weighted by molar-refractivity contribution is -0.111. The Morgan fingerprint density at radius 1 is 0.882 bits per heavy atom. The highest BCUT2D eigenvalue weighted by Gasteiger charge is 2.23. The fourth-order valence-electron chi connectivity index (χ4n) is 2.98. The van der Waals surface area contributed by atoms with Crippen LogP contribution in [-0.4, -0.2) is 20.4 Å². The molecule has 0 aromatic carbocycles. The molecule has 0 radical (unpaired) electrons. The summed E-state index contributed by atoms with van der Waals surface area (Å²) in [4.78, 5) is 10.7. The third-order valence-corrected chi connectivity index (χ3v) is 8.04. The molecular weight excluding hydrogens is 223 g/mol. The maximum atomic E-state index is 10.7. The second kappa shape index (κ2) is 9.17. The van der Waals surface area contributed by atoms with Gasteiger partial charge in [-0.3, -0.25) is 0 Å². The fourth-order valence-corrected chi connectivity index (χ4v) is 7.55. The van der Waals surface area contributed by atoms with E-state index in [2.05, 4.69) is 34.6 Å². The Balaban J connectivity index is 4.16. The van der Waals surface area contributed by atoms with Gasteiger partial charge in [0.25, 0.3) is 14.1 Å². The summed E-state index contributed by atoms with van der Waals surface area (Å²) in [6, 6.07) is 0. The van der Waals surface area contributed by atoms with Gasteiger partial charge in [-0.1, -0.05) is 75.1 Å². The van der Waals surface area contributed by atoms with Crippen LogP contribution in [0, 0.1) is 23.7 Å². The van der Waals surface area contributed by atoms with Gasteiger partial charge in [0.1, 0.15) is 6.29 Å². The predicted molar refractivity (Wildman–Crippen MR) is 78.9 cm³/mol. The standard InChI is InChI=1S/C7H13O.2C4H9.Al/c1-6(2)4-7(3)5-8;2*1-4(2)3;/h5-7H,1,4H2,2-3H3;2*4H,1H2,2-3H3;. The number of hydrogen-bond donors (Lipinski definition) is 0. The number of rotatable bonds is 9. The van der Waals surface area contributed by atoms with Crippen LogP contribution in [0.15, 0.2) is 0 Å². The Hall–Kier alpha value is 0.202. The first kappa shape index (κ1) is 17.2. The lowest BCUT2D eigenvalue weighted by Gasteiger charge is -2.21. The van der Waals surface area contributed by atoms with Crippen molar-refractivity contribution in [1.29, 1.82) is 0 Å². The van der Waals surface area contributed by atoms with Gasteiger partial charge in [-0.25, -0.2) is 0 Å². The van der Waals surface area contributed by atoms with Gasteiger partial charge in [0.2, 0.25) is 0 Å². The molecule has 0 fully saturated rings. The molecule has 2 atom stereocenters. The molecule has 0 amide bonds. The Bertz CT molecular complexity index is 191. The van der Waals surface area contributed by atoms with Gasteiger partial charge < -0.3 is 4.79 Å². The van der Waals surface area contributed by atoms with E-state index in [1.807, 2.05) is 6.92 Å². The Morgan fingerprint density at radius 2 is 1.35 bits per heavy atom. The summed E-state index contributed by atoms with van der Waals surface area (Å²) in [5.74, 6) is 2.68. The van der Waals surface area contributed by atoms with Crippen LogP contribution in [0.2, 0.25) is 15.8 Å². The predicted octanol–water partition coefficient (Wildman–Crippen LogP) is 4.65. The van der Waals surface area contributed by atoms with Crippen molar-refractivity contribution in [3.05, 3.63) is 0 Å². The summed E-state index contributed by atoms with van der Waals surface area (Å²) in [5.41, 5.74) is 0. The first-order chi connectivity index (χ1) is 7.85. The van der Waals surface area contributed by atoms with E-state index in [0.717, 1.165) is 30.5 Å². The first-order valence-corrected chi connectivity index (χ1v) is 9.75. The van der Waals surface area contributed by atoms with E-state index < -0.39 is 14.1 Å². The van der Waals surface area contributed by atoms with Crippen molar-refractivity contribution in [2.24, 2.45) is 23.7 Å². The molecule has 2 heteroatoms. The fraction of sp³-hybridized carbons (Fsp3) is 0.933. The second-order valence-electron chi connectivity index (χ2n) is 6.82. The molecule has 0 aromatic rings. The van der Waals surface area contributed by atoms with Gasteiger partial charge in [0.05, 0.1) is 0 Å². The molecular formula is C15H31AlO. The first-order valence-electron chi connectivity index (χ1n) is 7.30. The van der Waals surface area contributed by atoms with Crippen LogP contribution in [0.1, 0.15) is 48.0 Å². The van der Waals surface area contributed by atoms with E-state index in [4.69, 9.17) is 0 Å². The summed E-state index contributed by atoms with van der Waals surface area (Å²) in [6.07, 6.45) is 2.20. The average molecular weight is 254 g/mol. The quantitative estimate of drug-likeness (QED) is 0.432. The SMILES string of the molecule is CC(C)[CH2][Al]([CH2]C(C)C)[CH2]C(C)CC(C)C=O. The number of hydrogen-bond acceptors (Lipinski definition) is 1. The number of aldehydes is 1. The molecule has 0 rings (SSSR count). The maximum Gasteiger partial charge on any atom is 0.262 e. The summed E-state index contributed by atoms with van der Waals surface area (Å²) >= 11 is -0.593. The zero-order valence-corrected chi connectivity index (χ0v) is 13.9. The average Bonchev–Trinajstić information content (AvgIpc) is 2.14. The molecule has 0 aliphatic heterocycles. The molecule has 100 valence electrons. The molecule has 0 aliphatic rings. The van der Waals surface area contributed by atoms with Crippen LogP contribution in [-0.2, 0) is 4.79 Å². The van der Waals surface area contributed by atoms with Crippen molar-refractivity contribution in [1.82, 2.24) is 0 Å². The van der Waals surface area contributed by atoms with Crippen LogP contribution in [0.5, 0.6) is 0 Å². The van der Waals surface area contributed by atoms with Crippen LogP contribution >= 0.6 is 0 Å². The van der Waals surface area contributed by atoms with Gasteiger partial charge >= 0.3 is 0 Å². The highest BCUT2D eigenvalue weighted by Crippen LogP contribution is 2.24. The van der Waals surface area contributed by atoms with Crippen LogP contribution in [0.25, 0.3) is 0 Å². The van der Waals surface area contributed by atoms with Crippen molar-refractivity contribution in [3.8, 4) is 0 Å². The summed E-state index contributed by atoms with van der Waals surface area (Å²) in [6.45, 7) is 13.8. The highest BCUT2D eigenvalue weighted by atomic mass is 27.2. The molecule has 0 saturated carbocycles. The summed E-state index contributed by atoms with van der Waals surface area (Å²) in [5, 5.41) is 4.37. The minimum atomic E-state index is -0.593. The van der Waals surface area contributed by atoms with Crippen molar-refractivity contribution < 1.29 is 4.79 Å². The van der Waals surface area contributed by atoms with Crippen molar-refractivity contribution in [3.63, 3.8) is 0 Å². The zero-order valence-electron chi connectivity index (χ0n) is 12.7. The molecule has 0 N–H and O–H groups in total. The van der Waals surface area contributed by atoms with E-state index in [1.54, 1.807) is 0 Å². The molecule has 1 nitrogen and oxygen atoms in total. The third-order valence-electron chi connectivity index (χ3n) is 3.35. The van der Waals surface area contributed by atoms with Gasteiger partial charge in [0, 0.05) is 5.92 Å². The summed E-state index contributed by atoms with van der Waals surface area (Å²) in [7, 11) is 0. The van der Waals surface area contributed by atoms with E-state index in [0.29, 0.717) is 0 Å². The minimum absolute atomic E-state index is 0.248. The maximum absolute atomic E-state index is 10.7.